The second-order valence-corrected chi connectivity index (χ2v) is 5.77. The van der Waals surface area contributed by atoms with Crippen molar-refractivity contribution in [2.24, 2.45) is 0 Å². The van der Waals surface area contributed by atoms with Gasteiger partial charge in [0, 0.05) is 18.5 Å². The predicted octanol–water partition coefficient (Wildman–Crippen LogP) is 3.20. The molecule has 2 rings (SSSR count). The first kappa shape index (κ1) is 16.7. The van der Waals surface area contributed by atoms with Gasteiger partial charge in [0.15, 0.2) is 5.78 Å². The monoisotopic (exact) mass is 303 g/mol. The van der Waals surface area contributed by atoms with Crippen molar-refractivity contribution in [2.75, 3.05) is 19.7 Å². The minimum absolute atomic E-state index is 0.00791. The molecule has 1 aliphatic rings. The van der Waals surface area contributed by atoms with E-state index < -0.39 is 0 Å². The summed E-state index contributed by atoms with van der Waals surface area (Å²) >= 11 is 0. The Bertz CT molecular complexity index is 507. The molecule has 1 aliphatic heterocycles. The van der Waals surface area contributed by atoms with Gasteiger partial charge in [-0.1, -0.05) is 24.6 Å². The number of Topliss-reactive ketones (excluding diaryl/α,β-unsaturated/α-hetero) is 1. The summed E-state index contributed by atoms with van der Waals surface area (Å²) in [6.45, 7) is 5.31. The van der Waals surface area contributed by atoms with Gasteiger partial charge in [-0.25, -0.2) is 0 Å². The number of likely N-dealkylation sites (tertiary alicyclic amines) is 1. The maximum absolute atomic E-state index is 12.2. The van der Waals surface area contributed by atoms with Gasteiger partial charge in [0.05, 0.1) is 13.0 Å². The van der Waals surface area contributed by atoms with E-state index in [0.717, 1.165) is 19.6 Å². The van der Waals surface area contributed by atoms with Crippen LogP contribution in [0, 0.1) is 0 Å². The molecule has 0 spiro atoms. The highest BCUT2D eigenvalue weighted by atomic mass is 16.5. The number of benzene rings is 1. The Morgan fingerprint density at radius 3 is 2.64 bits per heavy atom. The zero-order valence-corrected chi connectivity index (χ0v) is 13.3. The third-order valence-corrected chi connectivity index (χ3v) is 3.97. The van der Waals surface area contributed by atoms with Gasteiger partial charge in [-0.2, -0.15) is 0 Å². The molecule has 0 atom stereocenters. The van der Waals surface area contributed by atoms with E-state index in [1.54, 1.807) is 6.92 Å². The van der Waals surface area contributed by atoms with E-state index >= 15 is 0 Å². The van der Waals surface area contributed by atoms with Crippen molar-refractivity contribution in [1.29, 1.82) is 0 Å². The van der Waals surface area contributed by atoms with Crippen molar-refractivity contribution in [2.45, 2.75) is 45.6 Å². The minimum Gasteiger partial charge on any atom is -0.466 e. The van der Waals surface area contributed by atoms with Gasteiger partial charge in [-0.3, -0.25) is 14.5 Å². The lowest BCUT2D eigenvalue weighted by Crippen LogP contribution is -2.29. The highest BCUT2D eigenvalue weighted by Crippen LogP contribution is 2.15. The van der Waals surface area contributed by atoms with Crippen LogP contribution in [0.25, 0.3) is 0 Å². The molecule has 1 aromatic carbocycles. The third kappa shape index (κ3) is 5.26. The van der Waals surface area contributed by atoms with Gasteiger partial charge in [-0.05, 0) is 44.5 Å². The zero-order chi connectivity index (χ0) is 15.8. The Morgan fingerprint density at radius 2 is 1.91 bits per heavy atom. The van der Waals surface area contributed by atoms with E-state index in [2.05, 4.69) is 11.0 Å². The average Bonchev–Trinajstić information content (AvgIpc) is 2.54. The van der Waals surface area contributed by atoms with Crippen molar-refractivity contribution < 1.29 is 14.3 Å². The molecule has 1 aromatic rings. The number of ether oxygens (including phenoxy) is 1. The molecule has 0 saturated carbocycles. The summed E-state index contributed by atoms with van der Waals surface area (Å²) < 4.78 is 4.85. The lowest BCUT2D eigenvalue weighted by atomic mass is 10.0. The fraction of sp³-hybridized carbons (Fsp3) is 0.556. The highest BCUT2D eigenvalue weighted by molar-refractivity contribution is 5.97. The SMILES string of the molecule is CCOC(=O)CCC(=O)c1cccc(CN2CCCCC2)c1. The van der Waals surface area contributed by atoms with Gasteiger partial charge in [0.25, 0.3) is 0 Å². The number of hydrogen-bond acceptors (Lipinski definition) is 4. The lowest BCUT2D eigenvalue weighted by molar-refractivity contribution is -0.143. The molecular formula is C18H25NO3. The van der Waals surface area contributed by atoms with E-state index in [1.165, 1.54) is 24.8 Å². The summed E-state index contributed by atoms with van der Waals surface area (Å²) in [5.74, 6) is -0.297. The Labute approximate surface area is 132 Å². The standard InChI is InChI=1S/C18H25NO3/c1-2-22-18(21)10-9-17(20)16-8-6-7-15(13-16)14-19-11-4-3-5-12-19/h6-8,13H,2-5,9-12,14H2,1H3. The quantitative estimate of drug-likeness (QED) is 0.573. The number of rotatable bonds is 7. The predicted molar refractivity (Wildman–Crippen MR) is 85.8 cm³/mol. The minimum atomic E-state index is -0.305. The molecule has 0 aliphatic carbocycles. The van der Waals surface area contributed by atoms with Gasteiger partial charge in [0.1, 0.15) is 0 Å². The Hall–Kier alpha value is -1.68. The van der Waals surface area contributed by atoms with Crippen LogP contribution in [0.3, 0.4) is 0 Å². The molecule has 0 amide bonds. The number of ketones is 1. The summed E-state index contributed by atoms with van der Waals surface area (Å²) in [5.41, 5.74) is 1.86. The van der Waals surface area contributed by atoms with Crippen LogP contribution >= 0.6 is 0 Å². The molecule has 4 nitrogen and oxygen atoms in total. The maximum Gasteiger partial charge on any atom is 0.306 e. The maximum atomic E-state index is 12.2. The summed E-state index contributed by atoms with van der Waals surface area (Å²) in [4.78, 5) is 25.9. The van der Waals surface area contributed by atoms with Crippen molar-refractivity contribution in [3.05, 3.63) is 35.4 Å². The zero-order valence-electron chi connectivity index (χ0n) is 13.3. The average molecular weight is 303 g/mol. The number of esters is 1. The van der Waals surface area contributed by atoms with Crippen LogP contribution in [-0.4, -0.2) is 36.3 Å². The molecule has 120 valence electrons. The Balaban J connectivity index is 1.89. The van der Waals surface area contributed by atoms with Crippen LogP contribution < -0.4 is 0 Å². The molecule has 0 bridgehead atoms. The highest BCUT2D eigenvalue weighted by Gasteiger charge is 2.13. The largest absolute Gasteiger partial charge is 0.466 e. The summed E-state index contributed by atoms with van der Waals surface area (Å²) in [5, 5.41) is 0. The number of carbonyl (C=O) groups is 2. The molecule has 0 N–H and O–H groups in total. The Morgan fingerprint density at radius 1 is 1.14 bits per heavy atom. The van der Waals surface area contributed by atoms with Gasteiger partial charge < -0.3 is 4.74 Å². The topological polar surface area (TPSA) is 46.6 Å². The molecule has 4 heteroatoms. The van der Waals surface area contributed by atoms with Crippen molar-refractivity contribution in [3.8, 4) is 0 Å². The molecule has 0 aromatic heterocycles. The normalized spacial score (nSPS) is 15.5. The first-order chi connectivity index (χ1) is 10.7. The van der Waals surface area contributed by atoms with Crippen LogP contribution in [0.5, 0.6) is 0 Å². The van der Waals surface area contributed by atoms with Gasteiger partial charge in [-0.15, -0.1) is 0 Å². The molecule has 22 heavy (non-hydrogen) atoms. The van der Waals surface area contributed by atoms with E-state index in [-0.39, 0.29) is 24.6 Å². The fourth-order valence-corrected chi connectivity index (χ4v) is 2.81. The summed E-state index contributed by atoms with van der Waals surface area (Å²) in [6.07, 6.45) is 4.22. The number of nitrogens with zero attached hydrogens (tertiary/aromatic N) is 1. The first-order valence-electron chi connectivity index (χ1n) is 8.19. The fourth-order valence-electron chi connectivity index (χ4n) is 2.81. The lowest BCUT2D eigenvalue weighted by Gasteiger charge is -2.26. The number of piperidine rings is 1. The molecular weight excluding hydrogens is 278 g/mol. The number of hydrogen-bond donors (Lipinski definition) is 0. The van der Waals surface area contributed by atoms with Crippen LogP contribution in [-0.2, 0) is 16.1 Å². The van der Waals surface area contributed by atoms with E-state index in [4.69, 9.17) is 4.74 Å². The smallest absolute Gasteiger partial charge is 0.306 e. The van der Waals surface area contributed by atoms with Gasteiger partial charge >= 0.3 is 5.97 Å². The van der Waals surface area contributed by atoms with Crippen LogP contribution in [0.15, 0.2) is 24.3 Å². The molecule has 1 fully saturated rings. The summed E-state index contributed by atoms with van der Waals surface area (Å²) in [7, 11) is 0. The van der Waals surface area contributed by atoms with Crippen LogP contribution in [0.4, 0.5) is 0 Å². The molecule has 0 radical (unpaired) electrons. The van der Waals surface area contributed by atoms with Crippen molar-refractivity contribution >= 4 is 11.8 Å². The van der Waals surface area contributed by atoms with Gasteiger partial charge in [0.2, 0.25) is 0 Å². The summed E-state index contributed by atoms with van der Waals surface area (Å²) in [6, 6.07) is 7.78. The third-order valence-electron chi connectivity index (χ3n) is 3.97. The second-order valence-electron chi connectivity index (χ2n) is 5.77. The van der Waals surface area contributed by atoms with Crippen LogP contribution in [0.2, 0.25) is 0 Å². The van der Waals surface area contributed by atoms with E-state index in [9.17, 15) is 9.59 Å². The van der Waals surface area contributed by atoms with Crippen LogP contribution in [0.1, 0.15) is 54.9 Å². The molecule has 1 saturated heterocycles. The van der Waals surface area contributed by atoms with E-state index in [1.807, 2.05) is 18.2 Å². The molecule has 1 heterocycles. The second kappa shape index (κ2) is 8.69. The molecule has 0 unspecified atom stereocenters. The first-order valence-corrected chi connectivity index (χ1v) is 8.19. The van der Waals surface area contributed by atoms with E-state index in [0.29, 0.717) is 12.2 Å². The number of carbonyl (C=O) groups excluding carboxylic acids is 2. The van der Waals surface area contributed by atoms with Crippen molar-refractivity contribution in [1.82, 2.24) is 4.90 Å². The Kier molecular flexibility index (Phi) is 6.59. The van der Waals surface area contributed by atoms with Crippen molar-refractivity contribution in [3.63, 3.8) is 0 Å².